The van der Waals surface area contributed by atoms with Crippen LogP contribution in [0.5, 0.6) is 5.75 Å². The summed E-state index contributed by atoms with van der Waals surface area (Å²) in [5.74, 6) is 0.734. The molecule has 2 aliphatic rings. The molecule has 2 saturated carbocycles. The van der Waals surface area contributed by atoms with Crippen molar-refractivity contribution in [3.63, 3.8) is 0 Å². The molecule has 0 N–H and O–H groups in total. The van der Waals surface area contributed by atoms with Gasteiger partial charge in [0, 0.05) is 6.07 Å². The number of benzene rings is 2. The van der Waals surface area contributed by atoms with Crippen molar-refractivity contribution in [2.24, 2.45) is 11.8 Å². The largest absolute Gasteiger partial charge is 0.493 e. The highest BCUT2D eigenvalue weighted by atomic mass is 19.2. The van der Waals surface area contributed by atoms with E-state index in [1.807, 2.05) is 24.3 Å². The average Bonchev–Trinajstić information content (AvgIpc) is 2.91. The van der Waals surface area contributed by atoms with Crippen molar-refractivity contribution in [1.82, 2.24) is 0 Å². The van der Waals surface area contributed by atoms with Gasteiger partial charge in [0.2, 0.25) is 0 Å². The third-order valence-corrected chi connectivity index (χ3v) is 8.99. The second kappa shape index (κ2) is 13.7. The first-order chi connectivity index (χ1) is 18.0. The average molecular weight is 515 g/mol. The SMILES string of the molecule is CCCCCCOc1ccc(C2CCC(CCc3ccc(C4CCC(C)CC4)c(F)c3F)CC2)c(F)c1. The number of aryl methyl sites for hydroxylation is 1. The molecule has 0 aromatic heterocycles. The molecule has 2 fully saturated rings. The Morgan fingerprint density at radius 3 is 2.14 bits per heavy atom. The zero-order valence-electron chi connectivity index (χ0n) is 22.8. The Bertz CT molecular complexity index is 987. The minimum absolute atomic E-state index is 0.154. The quantitative estimate of drug-likeness (QED) is 0.271. The lowest BCUT2D eigenvalue weighted by Crippen LogP contribution is -2.16. The molecule has 2 aromatic rings. The fourth-order valence-corrected chi connectivity index (χ4v) is 6.45. The molecule has 2 aromatic carbocycles. The van der Waals surface area contributed by atoms with Crippen molar-refractivity contribution < 1.29 is 17.9 Å². The highest BCUT2D eigenvalue weighted by Gasteiger charge is 2.27. The van der Waals surface area contributed by atoms with Gasteiger partial charge in [-0.1, -0.05) is 64.2 Å². The van der Waals surface area contributed by atoms with Gasteiger partial charge in [-0.3, -0.25) is 0 Å². The first kappa shape index (κ1) is 28.0. The van der Waals surface area contributed by atoms with E-state index in [0.29, 0.717) is 41.7 Å². The van der Waals surface area contributed by atoms with Gasteiger partial charge in [0.1, 0.15) is 11.6 Å². The summed E-state index contributed by atoms with van der Waals surface area (Å²) in [6.07, 6.45) is 13.9. The van der Waals surface area contributed by atoms with Gasteiger partial charge in [-0.2, -0.15) is 0 Å². The van der Waals surface area contributed by atoms with Gasteiger partial charge in [-0.25, -0.2) is 13.2 Å². The van der Waals surface area contributed by atoms with E-state index < -0.39 is 11.6 Å². The summed E-state index contributed by atoms with van der Waals surface area (Å²) in [4.78, 5) is 0. The monoisotopic (exact) mass is 514 g/mol. The predicted molar refractivity (Wildman–Crippen MR) is 146 cm³/mol. The van der Waals surface area contributed by atoms with Crippen molar-refractivity contribution in [2.45, 2.75) is 116 Å². The lowest BCUT2D eigenvalue weighted by atomic mass is 9.76. The summed E-state index contributed by atoms with van der Waals surface area (Å²) in [5.41, 5.74) is 1.87. The van der Waals surface area contributed by atoms with E-state index in [-0.39, 0.29) is 17.7 Å². The lowest BCUT2D eigenvalue weighted by molar-refractivity contribution is 0.298. The van der Waals surface area contributed by atoms with Gasteiger partial charge in [0.05, 0.1) is 6.61 Å². The van der Waals surface area contributed by atoms with Gasteiger partial charge in [0.25, 0.3) is 0 Å². The molecule has 4 heteroatoms. The number of rotatable bonds is 11. The maximum absolute atomic E-state index is 14.9. The smallest absolute Gasteiger partial charge is 0.162 e. The summed E-state index contributed by atoms with van der Waals surface area (Å²) in [5, 5.41) is 0. The van der Waals surface area contributed by atoms with Gasteiger partial charge < -0.3 is 4.74 Å². The summed E-state index contributed by atoms with van der Waals surface area (Å²) >= 11 is 0. The second-order valence-corrected chi connectivity index (χ2v) is 11.7. The molecule has 0 unspecified atom stereocenters. The molecular weight excluding hydrogens is 469 g/mol. The number of halogens is 3. The van der Waals surface area contributed by atoms with Crippen LogP contribution in [-0.2, 0) is 6.42 Å². The van der Waals surface area contributed by atoms with Crippen molar-refractivity contribution in [1.29, 1.82) is 0 Å². The van der Waals surface area contributed by atoms with E-state index in [1.54, 1.807) is 0 Å². The number of ether oxygens (including phenoxy) is 1. The van der Waals surface area contributed by atoms with Crippen LogP contribution in [0.25, 0.3) is 0 Å². The molecule has 2 aliphatic carbocycles. The molecule has 0 amide bonds. The van der Waals surface area contributed by atoms with Crippen LogP contribution in [0.2, 0.25) is 0 Å². The Kier molecular flexibility index (Phi) is 10.4. The highest BCUT2D eigenvalue weighted by molar-refractivity contribution is 5.32. The van der Waals surface area contributed by atoms with E-state index in [0.717, 1.165) is 76.2 Å². The summed E-state index contributed by atoms with van der Waals surface area (Å²) in [6, 6.07) is 9.00. The van der Waals surface area contributed by atoms with E-state index in [2.05, 4.69) is 13.8 Å². The lowest BCUT2D eigenvalue weighted by Gasteiger charge is -2.29. The molecule has 0 aliphatic heterocycles. The standard InChI is InChI=1S/C33H45F3O/c1-3-4-5-6-21-37-28-18-20-29(31(34)22-28)25-14-9-24(10-15-25)11-16-27-17-19-30(33(36)32(27)35)26-12-7-23(2)8-13-26/h17-20,22-26H,3-16,21H2,1-2H3. The van der Waals surface area contributed by atoms with Crippen molar-refractivity contribution in [3.05, 3.63) is 64.5 Å². The van der Waals surface area contributed by atoms with Crippen molar-refractivity contribution in [2.75, 3.05) is 6.61 Å². The van der Waals surface area contributed by atoms with Crippen LogP contribution in [0.15, 0.2) is 30.3 Å². The molecular formula is C33H45F3O. The van der Waals surface area contributed by atoms with Crippen LogP contribution in [0.4, 0.5) is 13.2 Å². The molecule has 0 spiro atoms. The Labute approximate surface area is 222 Å². The van der Waals surface area contributed by atoms with Crippen molar-refractivity contribution >= 4 is 0 Å². The normalized spacial score (nSPS) is 24.2. The Balaban J connectivity index is 1.24. The van der Waals surface area contributed by atoms with E-state index in [4.69, 9.17) is 4.74 Å². The van der Waals surface area contributed by atoms with Gasteiger partial charge >= 0.3 is 0 Å². The van der Waals surface area contributed by atoms with E-state index in [9.17, 15) is 13.2 Å². The molecule has 0 heterocycles. The molecule has 0 radical (unpaired) electrons. The third-order valence-electron chi connectivity index (χ3n) is 8.99. The van der Waals surface area contributed by atoms with Crippen molar-refractivity contribution in [3.8, 4) is 5.75 Å². The Morgan fingerprint density at radius 1 is 0.757 bits per heavy atom. The van der Waals surface area contributed by atoms with Gasteiger partial charge in [-0.15, -0.1) is 0 Å². The van der Waals surface area contributed by atoms with Crippen LogP contribution in [0, 0.1) is 29.3 Å². The van der Waals surface area contributed by atoms with E-state index >= 15 is 0 Å². The number of hydrogen-bond donors (Lipinski definition) is 0. The first-order valence-corrected chi connectivity index (χ1v) is 14.8. The maximum atomic E-state index is 14.9. The first-order valence-electron chi connectivity index (χ1n) is 14.8. The molecule has 0 bridgehead atoms. The van der Waals surface area contributed by atoms with Gasteiger partial charge in [-0.05, 0) is 104 Å². The fraction of sp³-hybridized carbons (Fsp3) is 0.636. The molecule has 0 saturated heterocycles. The molecule has 1 nitrogen and oxygen atoms in total. The summed E-state index contributed by atoms with van der Waals surface area (Å²) in [6.45, 7) is 5.05. The van der Waals surface area contributed by atoms with Crippen LogP contribution in [-0.4, -0.2) is 6.61 Å². The Morgan fingerprint density at radius 2 is 1.43 bits per heavy atom. The topological polar surface area (TPSA) is 9.23 Å². The number of hydrogen-bond acceptors (Lipinski definition) is 1. The summed E-state index contributed by atoms with van der Waals surface area (Å²) in [7, 11) is 0. The number of unbranched alkanes of at least 4 members (excludes halogenated alkanes) is 3. The minimum atomic E-state index is -0.639. The molecule has 204 valence electrons. The van der Waals surface area contributed by atoms with Crippen LogP contribution < -0.4 is 4.74 Å². The molecule has 0 atom stereocenters. The third kappa shape index (κ3) is 7.54. The molecule has 4 rings (SSSR count). The van der Waals surface area contributed by atoms with Crippen LogP contribution in [0.1, 0.15) is 126 Å². The maximum Gasteiger partial charge on any atom is 0.162 e. The van der Waals surface area contributed by atoms with E-state index in [1.165, 1.54) is 18.9 Å². The van der Waals surface area contributed by atoms with Crippen LogP contribution in [0.3, 0.4) is 0 Å². The minimum Gasteiger partial charge on any atom is -0.493 e. The Hall–Kier alpha value is -1.97. The zero-order valence-corrected chi connectivity index (χ0v) is 22.8. The van der Waals surface area contributed by atoms with Gasteiger partial charge in [0.15, 0.2) is 11.6 Å². The predicted octanol–water partition coefficient (Wildman–Crippen LogP) is 10.3. The van der Waals surface area contributed by atoms with Crippen LogP contribution >= 0.6 is 0 Å². The fourth-order valence-electron chi connectivity index (χ4n) is 6.45. The summed E-state index contributed by atoms with van der Waals surface area (Å²) < 4.78 is 50.4. The highest BCUT2D eigenvalue weighted by Crippen LogP contribution is 2.40. The second-order valence-electron chi connectivity index (χ2n) is 11.7. The molecule has 37 heavy (non-hydrogen) atoms. The zero-order chi connectivity index (χ0) is 26.2.